The van der Waals surface area contributed by atoms with Crippen molar-refractivity contribution >= 4 is 23.4 Å². The van der Waals surface area contributed by atoms with Gasteiger partial charge in [-0.05, 0) is 25.5 Å². The van der Waals surface area contributed by atoms with Crippen LogP contribution >= 0.6 is 11.8 Å². The Bertz CT molecular complexity index is 1080. The topological polar surface area (TPSA) is 57.8 Å². The lowest BCUT2D eigenvalue weighted by Gasteiger charge is -2.13. The fourth-order valence-corrected chi connectivity index (χ4v) is 4.25. The number of carbonyl (C=O) groups is 1. The zero-order valence-corrected chi connectivity index (χ0v) is 18.4. The van der Waals surface area contributed by atoms with Crippen LogP contribution in [0.4, 0.5) is 5.69 Å². The number of rotatable bonds is 7. The number of nitrogens with zero attached hydrogens (tertiary/aromatic N) is 1. The number of anilines is 1. The second kappa shape index (κ2) is 9.67. The van der Waals surface area contributed by atoms with Gasteiger partial charge in [0.15, 0.2) is 5.16 Å². The number of imidazole rings is 1. The monoisotopic (exact) mass is 427 g/mol. The Morgan fingerprint density at radius 1 is 0.935 bits per heavy atom. The van der Waals surface area contributed by atoms with Crippen molar-refractivity contribution in [3.8, 4) is 22.5 Å². The zero-order chi connectivity index (χ0) is 21.6. The number of hydrogen-bond donors (Lipinski definition) is 2. The summed E-state index contributed by atoms with van der Waals surface area (Å²) in [5.74, 6) is -0.0183. The van der Waals surface area contributed by atoms with Gasteiger partial charge in [0.25, 0.3) is 0 Å². The third-order valence-corrected chi connectivity index (χ3v) is 6.28. The molecule has 1 aromatic heterocycles. The van der Waals surface area contributed by atoms with Crippen LogP contribution in [-0.2, 0) is 4.79 Å². The molecule has 0 aliphatic heterocycles. The van der Waals surface area contributed by atoms with Gasteiger partial charge in [-0.2, -0.15) is 0 Å². The van der Waals surface area contributed by atoms with Gasteiger partial charge in [-0.15, -0.1) is 0 Å². The molecule has 0 saturated carbocycles. The van der Waals surface area contributed by atoms with Crippen molar-refractivity contribution < 1.29 is 4.79 Å². The highest BCUT2D eigenvalue weighted by Gasteiger charge is 2.22. The number of hydrogen-bond acceptors (Lipinski definition) is 3. The van der Waals surface area contributed by atoms with Crippen molar-refractivity contribution in [1.29, 1.82) is 0 Å². The Labute approximate surface area is 187 Å². The molecular formula is C26H25N3OS. The minimum atomic E-state index is -0.250. The maximum absolute atomic E-state index is 12.9. The van der Waals surface area contributed by atoms with Crippen LogP contribution in [0.15, 0.2) is 90.1 Å². The van der Waals surface area contributed by atoms with Gasteiger partial charge in [0.2, 0.25) is 5.91 Å². The zero-order valence-electron chi connectivity index (χ0n) is 17.6. The average Bonchev–Trinajstić information content (AvgIpc) is 3.24. The van der Waals surface area contributed by atoms with Gasteiger partial charge >= 0.3 is 0 Å². The maximum Gasteiger partial charge on any atom is 0.237 e. The number of aromatic amines is 1. The molecule has 5 heteroatoms. The molecule has 0 fully saturated rings. The first-order valence-electron chi connectivity index (χ1n) is 10.4. The summed E-state index contributed by atoms with van der Waals surface area (Å²) >= 11 is 1.46. The van der Waals surface area contributed by atoms with E-state index in [1.807, 2.05) is 74.5 Å². The lowest BCUT2D eigenvalue weighted by Crippen LogP contribution is -2.24. The lowest BCUT2D eigenvalue weighted by molar-refractivity contribution is -0.115. The molecule has 31 heavy (non-hydrogen) atoms. The largest absolute Gasteiger partial charge is 0.332 e. The summed E-state index contributed by atoms with van der Waals surface area (Å²) in [4.78, 5) is 21.2. The van der Waals surface area contributed by atoms with Crippen LogP contribution in [-0.4, -0.2) is 21.1 Å². The molecule has 4 rings (SSSR count). The van der Waals surface area contributed by atoms with Crippen LogP contribution in [0.1, 0.15) is 18.9 Å². The van der Waals surface area contributed by atoms with Crippen LogP contribution in [0.5, 0.6) is 0 Å². The highest BCUT2D eigenvalue weighted by atomic mass is 32.2. The molecule has 156 valence electrons. The average molecular weight is 428 g/mol. The normalized spacial score (nSPS) is 11.8. The highest BCUT2D eigenvalue weighted by molar-refractivity contribution is 8.00. The van der Waals surface area contributed by atoms with Crippen LogP contribution in [0, 0.1) is 6.92 Å². The fraction of sp³-hybridized carbons (Fsp3) is 0.154. The Kier molecular flexibility index (Phi) is 6.53. The maximum atomic E-state index is 12.9. The highest BCUT2D eigenvalue weighted by Crippen LogP contribution is 2.34. The van der Waals surface area contributed by atoms with E-state index >= 15 is 0 Å². The molecule has 1 amide bonds. The van der Waals surface area contributed by atoms with E-state index in [1.54, 1.807) is 0 Å². The van der Waals surface area contributed by atoms with Crippen molar-refractivity contribution in [3.05, 3.63) is 90.5 Å². The van der Waals surface area contributed by atoms with Crippen molar-refractivity contribution in [1.82, 2.24) is 9.97 Å². The summed E-state index contributed by atoms with van der Waals surface area (Å²) in [5, 5.41) is 3.51. The van der Waals surface area contributed by atoms with Gasteiger partial charge in [-0.3, -0.25) is 4.79 Å². The van der Waals surface area contributed by atoms with Crippen LogP contribution in [0.2, 0.25) is 0 Å². The summed E-state index contributed by atoms with van der Waals surface area (Å²) in [7, 11) is 0. The second-order valence-electron chi connectivity index (χ2n) is 7.37. The predicted octanol–water partition coefficient (Wildman–Crippen LogP) is 6.56. The molecule has 2 N–H and O–H groups in total. The number of nitrogens with one attached hydrogen (secondary N) is 2. The quantitative estimate of drug-likeness (QED) is 0.328. The van der Waals surface area contributed by atoms with E-state index in [-0.39, 0.29) is 11.2 Å². The van der Waals surface area contributed by atoms with E-state index in [0.717, 1.165) is 38.9 Å². The molecule has 0 bridgehead atoms. The summed E-state index contributed by atoms with van der Waals surface area (Å²) in [6.45, 7) is 4.05. The molecule has 4 aromatic rings. The number of thioether (sulfide) groups is 1. The Morgan fingerprint density at radius 3 is 2.16 bits per heavy atom. The minimum absolute atomic E-state index is 0.0183. The first-order valence-corrected chi connectivity index (χ1v) is 11.3. The van der Waals surface area contributed by atoms with Gasteiger partial charge in [0, 0.05) is 16.8 Å². The standard InChI is InChI=1S/C26H25N3OS/c1-3-22(25(30)27-21-16-14-18(2)15-17-21)31-26-28-23(19-10-6-4-7-11-19)24(29-26)20-12-8-5-9-13-20/h4-17,22H,3H2,1-2H3,(H,27,30)(H,28,29). The van der Waals surface area contributed by atoms with Crippen LogP contribution in [0.3, 0.4) is 0 Å². The number of aromatic nitrogens is 2. The minimum Gasteiger partial charge on any atom is -0.332 e. The van der Waals surface area contributed by atoms with Crippen molar-refractivity contribution in [2.45, 2.75) is 30.7 Å². The van der Waals surface area contributed by atoms with Gasteiger partial charge in [-0.1, -0.05) is 97.0 Å². The molecule has 0 aliphatic rings. The number of carbonyl (C=O) groups excluding carboxylic acids is 1. The third-order valence-electron chi connectivity index (χ3n) is 5.03. The summed E-state index contributed by atoms with van der Waals surface area (Å²) < 4.78 is 0. The van der Waals surface area contributed by atoms with E-state index in [1.165, 1.54) is 11.8 Å². The van der Waals surface area contributed by atoms with Gasteiger partial charge in [0.05, 0.1) is 16.6 Å². The molecule has 1 unspecified atom stereocenters. The fourth-order valence-electron chi connectivity index (χ4n) is 3.34. The van der Waals surface area contributed by atoms with Crippen LogP contribution < -0.4 is 5.32 Å². The summed E-state index contributed by atoms with van der Waals surface area (Å²) in [5.41, 5.74) is 5.94. The third kappa shape index (κ3) is 5.06. The molecule has 0 spiro atoms. The first kappa shape index (κ1) is 20.9. The molecule has 0 radical (unpaired) electrons. The Morgan fingerprint density at radius 2 is 1.55 bits per heavy atom. The number of benzene rings is 3. The van der Waals surface area contributed by atoms with E-state index in [0.29, 0.717) is 6.42 Å². The van der Waals surface area contributed by atoms with E-state index in [2.05, 4.69) is 34.6 Å². The summed E-state index contributed by atoms with van der Waals surface area (Å²) in [6.07, 6.45) is 0.699. The second-order valence-corrected chi connectivity index (χ2v) is 8.56. The number of amides is 1. The van der Waals surface area contributed by atoms with Crippen LogP contribution in [0.25, 0.3) is 22.5 Å². The molecule has 0 aliphatic carbocycles. The van der Waals surface area contributed by atoms with E-state index in [9.17, 15) is 4.79 Å². The number of H-pyrrole nitrogens is 1. The molecule has 1 atom stereocenters. The van der Waals surface area contributed by atoms with E-state index < -0.39 is 0 Å². The van der Waals surface area contributed by atoms with Crippen molar-refractivity contribution in [2.75, 3.05) is 5.32 Å². The number of aryl methyl sites for hydroxylation is 1. The van der Waals surface area contributed by atoms with Crippen molar-refractivity contribution in [3.63, 3.8) is 0 Å². The molecule has 0 saturated heterocycles. The molecular weight excluding hydrogens is 402 g/mol. The summed E-state index contributed by atoms with van der Waals surface area (Å²) in [6, 6.07) is 28.1. The van der Waals surface area contributed by atoms with Gasteiger partial charge in [0.1, 0.15) is 0 Å². The Hall–Kier alpha value is -3.31. The predicted molar refractivity (Wildman–Crippen MR) is 129 cm³/mol. The smallest absolute Gasteiger partial charge is 0.237 e. The lowest BCUT2D eigenvalue weighted by atomic mass is 10.1. The van der Waals surface area contributed by atoms with Gasteiger partial charge < -0.3 is 10.3 Å². The molecule has 1 heterocycles. The molecule has 4 nitrogen and oxygen atoms in total. The molecule has 3 aromatic carbocycles. The first-order chi connectivity index (χ1) is 15.1. The SMILES string of the molecule is CCC(Sc1nc(-c2ccccc2)c(-c2ccccc2)[nH]1)C(=O)Nc1ccc(C)cc1. The Balaban J connectivity index is 1.60. The van der Waals surface area contributed by atoms with Crippen molar-refractivity contribution in [2.24, 2.45) is 0 Å². The van der Waals surface area contributed by atoms with Gasteiger partial charge in [-0.25, -0.2) is 4.98 Å². The van der Waals surface area contributed by atoms with E-state index in [4.69, 9.17) is 4.98 Å².